The maximum Gasteiger partial charge on any atom is 0.271 e. The van der Waals surface area contributed by atoms with Crippen molar-refractivity contribution in [2.75, 3.05) is 45.1 Å². The van der Waals surface area contributed by atoms with Gasteiger partial charge in [-0.2, -0.15) is 10.2 Å². The largest absolute Gasteiger partial charge is 0.496 e. The van der Waals surface area contributed by atoms with E-state index in [1.54, 1.807) is 49.6 Å². The van der Waals surface area contributed by atoms with Crippen molar-refractivity contribution in [3.63, 3.8) is 0 Å². The Bertz CT molecular complexity index is 1250. The molecule has 2 N–H and O–H groups in total. The van der Waals surface area contributed by atoms with E-state index in [-0.39, 0.29) is 11.8 Å². The molecule has 0 saturated carbocycles. The van der Waals surface area contributed by atoms with Crippen molar-refractivity contribution in [2.24, 2.45) is 10.2 Å². The van der Waals surface area contributed by atoms with Gasteiger partial charge in [0.1, 0.15) is 5.75 Å². The van der Waals surface area contributed by atoms with Crippen LogP contribution < -0.4 is 25.4 Å². The molecule has 0 heterocycles. The van der Waals surface area contributed by atoms with Crippen LogP contribution in [0.25, 0.3) is 0 Å². The van der Waals surface area contributed by atoms with Crippen molar-refractivity contribution in [3.8, 4) is 5.75 Å². The van der Waals surface area contributed by atoms with Gasteiger partial charge in [0, 0.05) is 56.3 Å². The van der Waals surface area contributed by atoms with Crippen LogP contribution >= 0.6 is 0 Å². The van der Waals surface area contributed by atoms with Gasteiger partial charge < -0.3 is 14.5 Å². The van der Waals surface area contributed by atoms with Crippen LogP contribution in [0.5, 0.6) is 5.75 Å². The van der Waals surface area contributed by atoms with Gasteiger partial charge in [-0.3, -0.25) is 9.59 Å². The molecule has 38 heavy (non-hydrogen) atoms. The van der Waals surface area contributed by atoms with Gasteiger partial charge in [0.25, 0.3) is 11.8 Å². The molecule has 0 saturated heterocycles. The Morgan fingerprint density at radius 2 is 1.16 bits per heavy atom. The summed E-state index contributed by atoms with van der Waals surface area (Å²) in [4.78, 5) is 28.6. The molecule has 3 aromatic rings. The second-order valence-electron chi connectivity index (χ2n) is 8.28. The summed E-state index contributed by atoms with van der Waals surface area (Å²) in [6, 6.07) is 19.8. The van der Waals surface area contributed by atoms with E-state index >= 15 is 0 Å². The molecule has 3 aromatic carbocycles. The monoisotopic (exact) mass is 516 g/mol. The molecular formula is C29H36N6O3. The molecule has 0 aliphatic carbocycles. The standard InChI is InChI=1S/C27H30N6O3.C2H6/c1-32(2)23-11-7-20(8-12-23)26(34)30-28-17-19-6-15-25(36-5)22(16-19)18-29-31-27(35)21-9-13-24(14-10-21)33(3)4;1-2/h6-18H,1-5H3,(H,30,34)(H,31,35);1-2H3/b28-17+,29-18+;. The van der Waals surface area contributed by atoms with Crippen molar-refractivity contribution in [1.29, 1.82) is 0 Å². The van der Waals surface area contributed by atoms with Crippen molar-refractivity contribution in [2.45, 2.75) is 13.8 Å². The molecule has 9 heteroatoms. The topological polar surface area (TPSA) is 98.6 Å². The fraction of sp³-hybridized carbons (Fsp3) is 0.241. The Labute approximate surface area is 224 Å². The number of benzene rings is 3. The van der Waals surface area contributed by atoms with Gasteiger partial charge in [-0.1, -0.05) is 13.8 Å². The first-order valence-electron chi connectivity index (χ1n) is 12.2. The first kappa shape index (κ1) is 29.6. The lowest BCUT2D eigenvalue weighted by Gasteiger charge is -2.12. The summed E-state index contributed by atoms with van der Waals surface area (Å²) in [5.74, 6) is -0.0618. The molecule has 0 aliphatic heterocycles. The molecule has 0 fully saturated rings. The van der Waals surface area contributed by atoms with Crippen LogP contribution in [0.3, 0.4) is 0 Å². The second kappa shape index (κ2) is 14.8. The van der Waals surface area contributed by atoms with Crippen molar-refractivity contribution in [1.82, 2.24) is 10.9 Å². The number of carbonyl (C=O) groups excluding carboxylic acids is 2. The highest BCUT2D eigenvalue weighted by Crippen LogP contribution is 2.18. The van der Waals surface area contributed by atoms with Gasteiger partial charge in [0.15, 0.2) is 0 Å². The van der Waals surface area contributed by atoms with E-state index in [4.69, 9.17) is 4.74 Å². The van der Waals surface area contributed by atoms with Crippen molar-refractivity contribution < 1.29 is 14.3 Å². The smallest absolute Gasteiger partial charge is 0.271 e. The molecule has 3 rings (SSSR count). The third-order valence-electron chi connectivity index (χ3n) is 5.29. The van der Waals surface area contributed by atoms with Crippen LogP contribution in [0, 0.1) is 0 Å². The maximum absolute atomic E-state index is 12.4. The Morgan fingerprint density at radius 3 is 1.58 bits per heavy atom. The van der Waals surface area contributed by atoms with Gasteiger partial charge in [-0.15, -0.1) is 0 Å². The summed E-state index contributed by atoms with van der Waals surface area (Å²) in [7, 11) is 9.29. The normalized spacial score (nSPS) is 10.5. The summed E-state index contributed by atoms with van der Waals surface area (Å²) in [5.41, 5.74) is 9.40. The fourth-order valence-electron chi connectivity index (χ4n) is 3.21. The van der Waals surface area contributed by atoms with E-state index in [0.29, 0.717) is 28.0 Å². The van der Waals surface area contributed by atoms with Crippen LogP contribution in [0.1, 0.15) is 45.7 Å². The molecule has 0 bridgehead atoms. The van der Waals surface area contributed by atoms with Crippen molar-refractivity contribution >= 4 is 35.6 Å². The summed E-state index contributed by atoms with van der Waals surface area (Å²) in [6.45, 7) is 4.00. The molecule has 0 spiro atoms. The SMILES string of the molecule is CC.COc1ccc(/C=N/NC(=O)c2ccc(N(C)C)cc2)cc1/C=N/NC(=O)c1ccc(N(C)C)cc1. The lowest BCUT2D eigenvalue weighted by atomic mass is 10.1. The van der Waals surface area contributed by atoms with Crippen LogP contribution in [0.15, 0.2) is 76.9 Å². The summed E-state index contributed by atoms with van der Waals surface area (Å²) < 4.78 is 5.38. The predicted octanol–water partition coefficient (Wildman–Crippen LogP) is 4.38. The molecule has 0 aliphatic rings. The first-order chi connectivity index (χ1) is 18.3. The number of hydrogen-bond donors (Lipinski definition) is 2. The Kier molecular flexibility index (Phi) is 11.5. The molecular weight excluding hydrogens is 480 g/mol. The average molecular weight is 517 g/mol. The van der Waals surface area contributed by atoms with E-state index in [1.165, 1.54) is 12.4 Å². The molecule has 0 aromatic heterocycles. The van der Waals surface area contributed by atoms with Gasteiger partial charge in [-0.05, 0) is 72.3 Å². The second-order valence-corrected chi connectivity index (χ2v) is 8.28. The van der Waals surface area contributed by atoms with E-state index in [1.807, 2.05) is 76.1 Å². The first-order valence-corrected chi connectivity index (χ1v) is 12.2. The van der Waals surface area contributed by atoms with Crippen LogP contribution in [-0.2, 0) is 0 Å². The summed E-state index contributed by atoms with van der Waals surface area (Å²) in [5, 5.41) is 8.11. The highest BCUT2D eigenvalue weighted by Gasteiger charge is 2.07. The molecule has 200 valence electrons. The molecule has 0 unspecified atom stereocenters. The molecule has 0 atom stereocenters. The van der Waals surface area contributed by atoms with Crippen molar-refractivity contribution in [3.05, 3.63) is 89.0 Å². The maximum atomic E-state index is 12.4. The fourth-order valence-corrected chi connectivity index (χ4v) is 3.21. The van der Waals surface area contributed by atoms with Gasteiger partial charge in [-0.25, -0.2) is 10.9 Å². The van der Waals surface area contributed by atoms with E-state index in [9.17, 15) is 9.59 Å². The highest BCUT2D eigenvalue weighted by molar-refractivity contribution is 5.96. The van der Waals surface area contributed by atoms with E-state index in [2.05, 4.69) is 21.1 Å². The van der Waals surface area contributed by atoms with E-state index < -0.39 is 0 Å². The zero-order chi connectivity index (χ0) is 28.1. The lowest BCUT2D eigenvalue weighted by Crippen LogP contribution is -2.18. The Hall–Kier alpha value is -4.66. The number of carbonyl (C=O) groups is 2. The summed E-state index contributed by atoms with van der Waals surface area (Å²) in [6.07, 6.45) is 3.01. The zero-order valence-electron chi connectivity index (χ0n) is 23.0. The van der Waals surface area contributed by atoms with Crippen LogP contribution in [0.2, 0.25) is 0 Å². The minimum Gasteiger partial charge on any atom is -0.496 e. The minimum absolute atomic E-state index is 0.312. The average Bonchev–Trinajstić information content (AvgIpc) is 2.94. The summed E-state index contributed by atoms with van der Waals surface area (Å²) >= 11 is 0. The lowest BCUT2D eigenvalue weighted by molar-refractivity contribution is 0.0947. The third kappa shape index (κ3) is 8.48. The Morgan fingerprint density at radius 1 is 0.711 bits per heavy atom. The molecule has 9 nitrogen and oxygen atoms in total. The van der Waals surface area contributed by atoms with Gasteiger partial charge >= 0.3 is 0 Å². The number of hydrogen-bond acceptors (Lipinski definition) is 7. The predicted molar refractivity (Wildman–Crippen MR) is 156 cm³/mol. The molecule has 0 radical (unpaired) electrons. The van der Waals surface area contributed by atoms with Crippen LogP contribution in [-0.4, -0.2) is 59.5 Å². The number of rotatable bonds is 9. The third-order valence-corrected chi connectivity index (χ3v) is 5.29. The number of nitrogens with zero attached hydrogens (tertiary/aromatic N) is 4. The van der Waals surface area contributed by atoms with Gasteiger partial charge in [0.05, 0.1) is 19.5 Å². The van der Waals surface area contributed by atoms with E-state index in [0.717, 1.165) is 11.4 Å². The number of hydrazone groups is 2. The molecule has 2 amide bonds. The number of ether oxygens (including phenoxy) is 1. The zero-order valence-corrected chi connectivity index (χ0v) is 23.0. The number of anilines is 2. The number of methoxy groups -OCH3 is 1. The quantitative estimate of drug-likeness (QED) is 0.325. The Balaban J connectivity index is 0.00000247. The highest BCUT2D eigenvalue weighted by atomic mass is 16.5. The number of amides is 2. The van der Waals surface area contributed by atoms with Gasteiger partial charge in [0.2, 0.25) is 0 Å². The number of nitrogens with one attached hydrogen (secondary N) is 2. The van der Waals surface area contributed by atoms with Crippen LogP contribution in [0.4, 0.5) is 11.4 Å². The minimum atomic E-state index is -0.324.